The van der Waals surface area contributed by atoms with Gasteiger partial charge in [0.25, 0.3) is 0 Å². The Kier molecular flexibility index (Phi) is 3.12. The van der Waals surface area contributed by atoms with E-state index >= 15 is 0 Å². The number of carbonyl (C=O) groups excluding carboxylic acids is 2. The number of ketones is 1. The molecule has 0 aromatic carbocycles. The Labute approximate surface area is 101 Å². The predicted octanol–water partition coefficient (Wildman–Crippen LogP) is 1.35. The fourth-order valence-electron chi connectivity index (χ4n) is 2.30. The summed E-state index contributed by atoms with van der Waals surface area (Å²) in [6.07, 6.45) is 0.336. The fourth-order valence-corrected chi connectivity index (χ4v) is 2.30. The molecule has 1 aliphatic heterocycles. The quantitative estimate of drug-likeness (QED) is 0.642. The van der Waals surface area contributed by atoms with Crippen molar-refractivity contribution in [1.29, 1.82) is 0 Å². The van der Waals surface area contributed by atoms with E-state index in [9.17, 15) is 9.59 Å². The molecular formula is C12H19NO4. The molecule has 0 N–H and O–H groups in total. The Morgan fingerprint density at radius 1 is 1.41 bits per heavy atom. The zero-order valence-electron chi connectivity index (χ0n) is 10.6. The van der Waals surface area contributed by atoms with E-state index in [1.54, 1.807) is 4.90 Å². The molecule has 0 radical (unpaired) electrons. The maximum atomic E-state index is 12.0. The third kappa shape index (κ3) is 2.77. The van der Waals surface area contributed by atoms with Gasteiger partial charge in [0.15, 0.2) is 0 Å². The average Bonchev–Trinajstić information content (AvgIpc) is 2.54. The van der Waals surface area contributed by atoms with Crippen molar-refractivity contribution in [2.24, 2.45) is 0 Å². The number of hydrogen-bond donors (Lipinski definition) is 0. The van der Waals surface area contributed by atoms with Crippen LogP contribution in [-0.2, 0) is 14.3 Å². The van der Waals surface area contributed by atoms with Gasteiger partial charge in [-0.05, 0) is 20.8 Å². The smallest absolute Gasteiger partial charge is 0.410 e. The van der Waals surface area contributed by atoms with Crippen LogP contribution in [-0.4, -0.2) is 47.7 Å². The Morgan fingerprint density at radius 3 is 2.76 bits per heavy atom. The highest BCUT2D eigenvalue weighted by Crippen LogP contribution is 2.28. The van der Waals surface area contributed by atoms with Crippen LogP contribution in [0.5, 0.6) is 0 Å². The van der Waals surface area contributed by atoms with Gasteiger partial charge in [-0.3, -0.25) is 9.69 Å². The van der Waals surface area contributed by atoms with Gasteiger partial charge in [-0.25, -0.2) is 4.79 Å². The number of carbonyl (C=O) groups is 2. The number of morpholine rings is 1. The third-order valence-electron chi connectivity index (χ3n) is 2.99. The van der Waals surface area contributed by atoms with Crippen LogP contribution >= 0.6 is 0 Å². The minimum Gasteiger partial charge on any atom is -0.444 e. The highest BCUT2D eigenvalue weighted by Gasteiger charge is 2.43. The number of ether oxygens (including phenoxy) is 2. The molecule has 1 aliphatic carbocycles. The first-order valence-electron chi connectivity index (χ1n) is 6.00. The van der Waals surface area contributed by atoms with Crippen LogP contribution in [0.1, 0.15) is 33.6 Å². The van der Waals surface area contributed by atoms with Crippen molar-refractivity contribution in [1.82, 2.24) is 4.90 Å². The Bertz CT molecular complexity index is 334. The van der Waals surface area contributed by atoms with Gasteiger partial charge in [0, 0.05) is 19.4 Å². The second-order valence-corrected chi connectivity index (χ2v) is 5.60. The average molecular weight is 241 g/mol. The molecule has 2 atom stereocenters. The van der Waals surface area contributed by atoms with Gasteiger partial charge in [-0.15, -0.1) is 0 Å². The molecule has 2 aliphatic rings. The Morgan fingerprint density at radius 2 is 2.12 bits per heavy atom. The molecule has 5 nitrogen and oxygen atoms in total. The zero-order chi connectivity index (χ0) is 12.6. The van der Waals surface area contributed by atoms with Gasteiger partial charge in [0.05, 0.1) is 18.8 Å². The molecule has 17 heavy (non-hydrogen) atoms. The number of amides is 1. The topological polar surface area (TPSA) is 55.8 Å². The summed E-state index contributed by atoms with van der Waals surface area (Å²) in [6, 6.07) is -0.133. The molecule has 96 valence electrons. The first kappa shape index (κ1) is 12.4. The van der Waals surface area contributed by atoms with E-state index in [2.05, 4.69) is 0 Å². The summed E-state index contributed by atoms with van der Waals surface area (Å²) in [5, 5.41) is 0. The van der Waals surface area contributed by atoms with E-state index in [1.807, 2.05) is 20.8 Å². The molecule has 1 saturated carbocycles. The Hall–Kier alpha value is -1.10. The molecule has 0 aromatic heterocycles. The van der Waals surface area contributed by atoms with Crippen LogP contribution in [0.4, 0.5) is 4.79 Å². The summed E-state index contributed by atoms with van der Waals surface area (Å²) in [5.41, 5.74) is -0.506. The van der Waals surface area contributed by atoms with Gasteiger partial charge in [-0.2, -0.15) is 0 Å². The van der Waals surface area contributed by atoms with Crippen LogP contribution < -0.4 is 0 Å². The van der Waals surface area contributed by atoms with E-state index in [1.165, 1.54) is 0 Å². The minimum absolute atomic E-state index is 0.133. The maximum Gasteiger partial charge on any atom is 0.410 e. The van der Waals surface area contributed by atoms with Gasteiger partial charge < -0.3 is 9.47 Å². The summed E-state index contributed by atoms with van der Waals surface area (Å²) in [6.45, 7) is 6.49. The summed E-state index contributed by atoms with van der Waals surface area (Å²) in [5.74, 6) is 0.162. The lowest BCUT2D eigenvalue weighted by Crippen LogP contribution is -2.52. The van der Waals surface area contributed by atoms with Crippen molar-refractivity contribution in [3.8, 4) is 0 Å². The standard InChI is InChI=1S/C12H19NO4/c1-12(2,3)17-11(15)13-4-5-16-10-7-8(14)6-9(10)13/h9-10H,4-7H2,1-3H3. The molecule has 1 amide bonds. The number of fused-ring (bicyclic) bond motifs is 1. The SMILES string of the molecule is CC(C)(C)OC(=O)N1CCOC2CC(=O)CC21. The lowest BCUT2D eigenvalue weighted by molar-refractivity contribution is -0.118. The first-order valence-corrected chi connectivity index (χ1v) is 6.00. The van der Waals surface area contributed by atoms with Crippen LogP contribution in [0.15, 0.2) is 0 Å². The molecule has 2 rings (SSSR count). The monoisotopic (exact) mass is 241 g/mol. The fraction of sp³-hybridized carbons (Fsp3) is 0.833. The van der Waals surface area contributed by atoms with E-state index in [0.29, 0.717) is 26.0 Å². The van der Waals surface area contributed by atoms with Crippen molar-refractivity contribution in [3.05, 3.63) is 0 Å². The van der Waals surface area contributed by atoms with Crippen LogP contribution in [0.2, 0.25) is 0 Å². The number of nitrogens with zero attached hydrogens (tertiary/aromatic N) is 1. The molecule has 1 saturated heterocycles. The Balaban J connectivity index is 2.05. The van der Waals surface area contributed by atoms with Gasteiger partial charge in [-0.1, -0.05) is 0 Å². The molecule has 2 unspecified atom stereocenters. The van der Waals surface area contributed by atoms with E-state index in [-0.39, 0.29) is 24.0 Å². The van der Waals surface area contributed by atoms with E-state index < -0.39 is 5.60 Å². The molecule has 1 heterocycles. The van der Waals surface area contributed by atoms with Gasteiger partial charge >= 0.3 is 6.09 Å². The van der Waals surface area contributed by atoms with Gasteiger partial charge in [0.1, 0.15) is 11.4 Å². The highest BCUT2D eigenvalue weighted by atomic mass is 16.6. The molecule has 0 aromatic rings. The summed E-state index contributed by atoms with van der Waals surface area (Å²) < 4.78 is 10.9. The molecular weight excluding hydrogens is 222 g/mol. The highest BCUT2D eigenvalue weighted by molar-refractivity contribution is 5.83. The normalized spacial score (nSPS) is 29.1. The largest absolute Gasteiger partial charge is 0.444 e. The summed E-state index contributed by atoms with van der Waals surface area (Å²) >= 11 is 0. The third-order valence-corrected chi connectivity index (χ3v) is 2.99. The predicted molar refractivity (Wildman–Crippen MR) is 60.7 cm³/mol. The van der Waals surface area contributed by atoms with Crippen LogP contribution in [0.25, 0.3) is 0 Å². The second kappa shape index (κ2) is 4.29. The maximum absolute atomic E-state index is 12.0. The van der Waals surface area contributed by atoms with E-state index in [0.717, 1.165) is 0 Å². The molecule has 0 spiro atoms. The van der Waals surface area contributed by atoms with Crippen molar-refractivity contribution < 1.29 is 19.1 Å². The number of rotatable bonds is 0. The molecule has 2 fully saturated rings. The summed E-state index contributed by atoms with van der Waals surface area (Å²) in [7, 11) is 0. The summed E-state index contributed by atoms with van der Waals surface area (Å²) in [4.78, 5) is 25.0. The second-order valence-electron chi connectivity index (χ2n) is 5.60. The number of hydrogen-bond acceptors (Lipinski definition) is 4. The first-order chi connectivity index (χ1) is 7.87. The van der Waals surface area contributed by atoms with Crippen molar-refractivity contribution >= 4 is 11.9 Å². The lowest BCUT2D eigenvalue weighted by atomic mass is 10.1. The van der Waals surface area contributed by atoms with Crippen molar-refractivity contribution in [2.45, 2.75) is 51.4 Å². The zero-order valence-corrected chi connectivity index (χ0v) is 10.6. The van der Waals surface area contributed by atoms with Gasteiger partial charge in [0.2, 0.25) is 0 Å². The number of Topliss-reactive ketones (excluding diaryl/α,β-unsaturated/α-hetero) is 1. The minimum atomic E-state index is -0.506. The van der Waals surface area contributed by atoms with Crippen molar-refractivity contribution in [2.75, 3.05) is 13.2 Å². The lowest BCUT2D eigenvalue weighted by Gasteiger charge is -2.37. The van der Waals surface area contributed by atoms with Crippen molar-refractivity contribution in [3.63, 3.8) is 0 Å². The molecule has 0 bridgehead atoms. The molecule has 5 heteroatoms. The van der Waals surface area contributed by atoms with Crippen LogP contribution in [0, 0.1) is 0 Å². The van der Waals surface area contributed by atoms with E-state index in [4.69, 9.17) is 9.47 Å². The van der Waals surface area contributed by atoms with Crippen LogP contribution in [0.3, 0.4) is 0 Å².